The molecule has 0 amide bonds. The maximum absolute atomic E-state index is 11.9. The fourth-order valence-electron chi connectivity index (χ4n) is 4.51. The Morgan fingerprint density at radius 3 is 2.74 bits per heavy atom. The number of alkyl halides is 1. The van der Waals surface area contributed by atoms with Gasteiger partial charge in [-0.1, -0.05) is 13.8 Å². The largest absolute Gasteiger partial charge is 0.368 e. The van der Waals surface area contributed by atoms with Gasteiger partial charge in [0.1, 0.15) is 0 Å². The van der Waals surface area contributed by atoms with Crippen molar-refractivity contribution in [2.24, 2.45) is 17.8 Å². The first-order valence-electron chi connectivity index (χ1n) is 7.66. The van der Waals surface area contributed by atoms with Crippen molar-refractivity contribution in [3.05, 3.63) is 11.8 Å². The molecule has 0 aromatic carbocycles. The third kappa shape index (κ3) is 2.12. The number of allylic oxidation sites excluding steroid dienone is 2. The van der Waals surface area contributed by atoms with E-state index in [9.17, 15) is 4.79 Å². The van der Waals surface area contributed by atoms with E-state index in [1.54, 1.807) is 0 Å². The molecule has 3 rings (SSSR count). The van der Waals surface area contributed by atoms with Crippen LogP contribution in [-0.4, -0.2) is 28.1 Å². The van der Waals surface area contributed by atoms with E-state index in [-0.39, 0.29) is 0 Å². The van der Waals surface area contributed by atoms with Gasteiger partial charge < -0.3 is 4.90 Å². The Labute approximate surface area is 121 Å². The van der Waals surface area contributed by atoms with E-state index in [0.29, 0.717) is 47.4 Å². The Morgan fingerprint density at radius 1 is 1.26 bits per heavy atom. The molecule has 1 saturated carbocycles. The van der Waals surface area contributed by atoms with Crippen molar-refractivity contribution in [3.8, 4) is 0 Å². The molecule has 0 aromatic rings. The fourth-order valence-corrected chi connectivity index (χ4v) is 4.85. The van der Waals surface area contributed by atoms with Crippen LogP contribution in [0.3, 0.4) is 0 Å². The SMILES string of the molecule is CC1C2=CC(=O)CC(C)N2C2CCC(Cl)CC2C1C. The van der Waals surface area contributed by atoms with E-state index in [1.807, 2.05) is 6.08 Å². The van der Waals surface area contributed by atoms with E-state index < -0.39 is 0 Å². The Balaban J connectivity index is 1.97. The first-order valence-corrected chi connectivity index (χ1v) is 8.09. The number of ketones is 1. The summed E-state index contributed by atoms with van der Waals surface area (Å²) in [5.74, 6) is 2.11. The number of halogens is 1. The molecule has 6 atom stereocenters. The first-order chi connectivity index (χ1) is 8.99. The molecule has 0 spiro atoms. The standard InChI is InChI=1S/C16H24ClNO/c1-9-6-13(19)8-16-11(3)10(2)14-7-12(17)4-5-15(14)18(9)16/h8-12,14-15H,4-7H2,1-3H3. The monoisotopic (exact) mass is 281 g/mol. The predicted octanol–water partition coefficient (Wildman–Crippen LogP) is 3.60. The molecule has 0 radical (unpaired) electrons. The van der Waals surface area contributed by atoms with Crippen LogP contribution in [0.15, 0.2) is 11.8 Å². The molecule has 2 fully saturated rings. The van der Waals surface area contributed by atoms with Crippen LogP contribution in [0.2, 0.25) is 0 Å². The van der Waals surface area contributed by atoms with Gasteiger partial charge in [0, 0.05) is 35.7 Å². The molecule has 0 bridgehead atoms. The van der Waals surface area contributed by atoms with Crippen molar-refractivity contribution in [2.75, 3.05) is 0 Å². The third-order valence-electron chi connectivity index (χ3n) is 5.66. The molecular formula is C16H24ClNO. The Bertz CT molecular complexity index is 419. The zero-order valence-electron chi connectivity index (χ0n) is 12.1. The van der Waals surface area contributed by atoms with Gasteiger partial charge >= 0.3 is 0 Å². The summed E-state index contributed by atoms with van der Waals surface area (Å²) < 4.78 is 0. The number of piperidine rings is 1. The number of carbonyl (C=O) groups excluding carboxylic acids is 1. The lowest BCUT2D eigenvalue weighted by molar-refractivity contribution is -0.118. The van der Waals surface area contributed by atoms with Crippen LogP contribution in [-0.2, 0) is 4.79 Å². The van der Waals surface area contributed by atoms with Crippen LogP contribution in [0.4, 0.5) is 0 Å². The summed E-state index contributed by atoms with van der Waals surface area (Å²) in [6.07, 6.45) is 6.05. The van der Waals surface area contributed by atoms with Crippen molar-refractivity contribution in [1.82, 2.24) is 4.90 Å². The summed E-state index contributed by atoms with van der Waals surface area (Å²) in [5, 5.41) is 0.350. The summed E-state index contributed by atoms with van der Waals surface area (Å²) in [6, 6.07) is 0.970. The third-order valence-corrected chi connectivity index (χ3v) is 6.06. The van der Waals surface area contributed by atoms with Crippen LogP contribution in [0, 0.1) is 17.8 Å². The van der Waals surface area contributed by atoms with Crippen molar-refractivity contribution in [2.45, 2.75) is 63.9 Å². The highest BCUT2D eigenvalue weighted by molar-refractivity contribution is 6.20. The highest BCUT2D eigenvalue weighted by atomic mass is 35.5. The molecule has 1 aliphatic carbocycles. The Morgan fingerprint density at radius 2 is 2.00 bits per heavy atom. The number of hydrogen-bond donors (Lipinski definition) is 0. The molecule has 0 aromatic heterocycles. The average molecular weight is 282 g/mol. The lowest BCUT2D eigenvalue weighted by Gasteiger charge is -2.56. The molecule has 106 valence electrons. The highest BCUT2D eigenvalue weighted by Gasteiger charge is 2.47. The van der Waals surface area contributed by atoms with Gasteiger partial charge in [-0.3, -0.25) is 4.79 Å². The molecule has 1 saturated heterocycles. The fraction of sp³-hybridized carbons (Fsp3) is 0.812. The van der Waals surface area contributed by atoms with Gasteiger partial charge in [0.05, 0.1) is 0 Å². The first kappa shape index (κ1) is 13.5. The van der Waals surface area contributed by atoms with Crippen molar-refractivity contribution in [3.63, 3.8) is 0 Å². The van der Waals surface area contributed by atoms with Crippen LogP contribution < -0.4 is 0 Å². The second kappa shape index (κ2) is 4.80. The summed E-state index contributed by atoms with van der Waals surface area (Å²) in [5.41, 5.74) is 1.30. The number of fused-ring (bicyclic) bond motifs is 3. The minimum Gasteiger partial charge on any atom is -0.368 e. The van der Waals surface area contributed by atoms with Gasteiger partial charge in [-0.25, -0.2) is 0 Å². The molecule has 3 heteroatoms. The molecule has 19 heavy (non-hydrogen) atoms. The smallest absolute Gasteiger partial charge is 0.159 e. The summed E-state index contributed by atoms with van der Waals surface area (Å²) in [7, 11) is 0. The lowest BCUT2D eigenvalue weighted by Crippen LogP contribution is -2.57. The van der Waals surface area contributed by atoms with E-state index in [4.69, 9.17) is 11.6 Å². The van der Waals surface area contributed by atoms with Crippen LogP contribution in [0.25, 0.3) is 0 Å². The van der Waals surface area contributed by atoms with E-state index in [0.717, 1.165) is 12.8 Å². The molecular weight excluding hydrogens is 258 g/mol. The molecule has 2 aliphatic heterocycles. The van der Waals surface area contributed by atoms with Crippen LogP contribution in [0.5, 0.6) is 0 Å². The number of rotatable bonds is 0. The van der Waals surface area contributed by atoms with Gasteiger partial charge in [-0.05, 0) is 43.9 Å². The number of nitrogens with zero attached hydrogens (tertiary/aromatic N) is 1. The van der Waals surface area contributed by atoms with Gasteiger partial charge in [0.2, 0.25) is 0 Å². The van der Waals surface area contributed by atoms with Gasteiger partial charge in [-0.15, -0.1) is 11.6 Å². The van der Waals surface area contributed by atoms with E-state index in [1.165, 1.54) is 12.1 Å². The summed E-state index contributed by atoms with van der Waals surface area (Å²) in [6.45, 7) is 6.83. The lowest BCUT2D eigenvalue weighted by atomic mass is 9.66. The zero-order valence-corrected chi connectivity index (χ0v) is 12.9. The molecule has 2 nitrogen and oxygen atoms in total. The molecule has 0 N–H and O–H groups in total. The average Bonchev–Trinajstić information content (AvgIpc) is 2.35. The predicted molar refractivity (Wildman–Crippen MR) is 78.1 cm³/mol. The minimum atomic E-state index is 0.308. The Kier molecular flexibility index (Phi) is 3.41. The zero-order chi connectivity index (χ0) is 13.7. The second-order valence-electron chi connectivity index (χ2n) is 6.79. The van der Waals surface area contributed by atoms with Gasteiger partial charge in [-0.2, -0.15) is 0 Å². The Hall–Kier alpha value is -0.500. The molecule has 6 unspecified atom stereocenters. The highest BCUT2D eigenvalue weighted by Crippen LogP contribution is 2.48. The van der Waals surface area contributed by atoms with E-state index >= 15 is 0 Å². The van der Waals surface area contributed by atoms with Gasteiger partial charge in [0.25, 0.3) is 0 Å². The maximum Gasteiger partial charge on any atom is 0.159 e. The summed E-state index contributed by atoms with van der Waals surface area (Å²) in [4.78, 5) is 14.4. The van der Waals surface area contributed by atoms with Crippen molar-refractivity contribution < 1.29 is 4.79 Å². The maximum atomic E-state index is 11.9. The minimum absolute atomic E-state index is 0.308. The second-order valence-corrected chi connectivity index (χ2v) is 7.40. The van der Waals surface area contributed by atoms with Crippen LogP contribution >= 0.6 is 11.6 Å². The number of carbonyl (C=O) groups is 1. The molecule has 2 heterocycles. The van der Waals surface area contributed by atoms with Crippen molar-refractivity contribution in [1.29, 1.82) is 0 Å². The van der Waals surface area contributed by atoms with Gasteiger partial charge in [0.15, 0.2) is 5.78 Å². The topological polar surface area (TPSA) is 20.3 Å². The quantitative estimate of drug-likeness (QED) is 0.633. The number of hydrogen-bond acceptors (Lipinski definition) is 2. The van der Waals surface area contributed by atoms with E-state index in [2.05, 4.69) is 25.7 Å². The molecule has 3 aliphatic rings. The van der Waals surface area contributed by atoms with Crippen LogP contribution in [0.1, 0.15) is 46.5 Å². The summed E-state index contributed by atoms with van der Waals surface area (Å²) >= 11 is 6.40. The van der Waals surface area contributed by atoms with Crippen molar-refractivity contribution >= 4 is 17.4 Å². The normalized spacial score (nSPS) is 46.4.